The average molecular weight is 286 g/mol. The van der Waals surface area contributed by atoms with Crippen LogP contribution in [0.25, 0.3) is 0 Å². The molecule has 4 heteroatoms. The summed E-state index contributed by atoms with van der Waals surface area (Å²) in [6.45, 7) is 2.55. The number of imidazole rings is 1. The fourth-order valence-electron chi connectivity index (χ4n) is 3.09. The molecule has 0 saturated heterocycles. The van der Waals surface area contributed by atoms with Gasteiger partial charge in [-0.1, -0.05) is 11.6 Å². The first-order valence-electron chi connectivity index (χ1n) is 7.54. The number of aromatic nitrogens is 2. The Bertz CT molecular complexity index is 634. The van der Waals surface area contributed by atoms with Gasteiger partial charge in [0.1, 0.15) is 11.9 Å². The highest BCUT2D eigenvalue weighted by atomic mass is 16.5. The zero-order chi connectivity index (χ0) is 14.8. The van der Waals surface area contributed by atoms with Crippen LogP contribution in [0.15, 0.2) is 24.5 Å². The van der Waals surface area contributed by atoms with Crippen molar-refractivity contribution in [3.63, 3.8) is 0 Å². The maximum atomic E-state index is 10.6. The molecular weight excluding hydrogens is 264 g/mol. The normalized spacial score (nSPS) is 15.6. The molecule has 1 aliphatic carbocycles. The van der Waals surface area contributed by atoms with Crippen molar-refractivity contribution in [1.29, 1.82) is 0 Å². The van der Waals surface area contributed by atoms with Crippen LogP contribution in [0, 0.1) is 6.92 Å². The fraction of sp³-hybridized carbons (Fsp3) is 0.471. The topological polar surface area (TPSA) is 47.3 Å². The van der Waals surface area contributed by atoms with Gasteiger partial charge in [0, 0.05) is 11.3 Å². The van der Waals surface area contributed by atoms with Crippen LogP contribution in [-0.2, 0) is 19.4 Å². The van der Waals surface area contributed by atoms with E-state index in [1.165, 1.54) is 24.2 Å². The summed E-state index contributed by atoms with van der Waals surface area (Å²) < 4.78 is 7.47. The van der Waals surface area contributed by atoms with Crippen LogP contribution < -0.4 is 4.74 Å². The number of aliphatic hydroxyl groups is 1. The van der Waals surface area contributed by atoms with Gasteiger partial charge in [-0.05, 0) is 44.7 Å². The number of fused-ring (bicyclic) bond motifs is 1. The molecule has 0 fully saturated rings. The number of aryl methyl sites for hydroxylation is 2. The van der Waals surface area contributed by atoms with Crippen LogP contribution in [-0.4, -0.2) is 21.8 Å². The van der Waals surface area contributed by atoms with Crippen LogP contribution in [0.4, 0.5) is 0 Å². The lowest BCUT2D eigenvalue weighted by atomic mass is 10.0. The summed E-state index contributed by atoms with van der Waals surface area (Å²) in [6.07, 6.45) is 5.83. The van der Waals surface area contributed by atoms with Gasteiger partial charge >= 0.3 is 0 Å². The van der Waals surface area contributed by atoms with Crippen LogP contribution >= 0.6 is 0 Å². The minimum Gasteiger partial charge on any atom is -0.496 e. The Hall–Kier alpha value is -1.81. The van der Waals surface area contributed by atoms with E-state index in [0.29, 0.717) is 6.54 Å². The fourth-order valence-corrected chi connectivity index (χ4v) is 3.09. The van der Waals surface area contributed by atoms with Gasteiger partial charge in [-0.3, -0.25) is 0 Å². The second-order valence-corrected chi connectivity index (χ2v) is 5.76. The van der Waals surface area contributed by atoms with Crippen molar-refractivity contribution in [1.82, 2.24) is 9.55 Å². The lowest BCUT2D eigenvalue weighted by molar-refractivity contribution is 0.151. The molecule has 1 unspecified atom stereocenters. The molecule has 0 aliphatic heterocycles. The lowest BCUT2D eigenvalue weighted by Crippen LogP contribution is -2.14. The number of rotatable bonds is 4. The summed E-state index contributed by atoms with van der Waals surface area (Å²) in [4.78, 5) is 4.48. The smallest absolute Gasteiger partial charge is 0.124 e. The molecule has 3 rings (SSSR count). The lowest BCUT2D eigenvalue weighted by Gasteiger charge is -2.19. The van der Waals surface area contributed by atoms with Crippen molar-refractivity contribution in [2.24, 2.45) is 0 Å². The summed E-state index contributed by atoms with van der Waals surface area (Å²) in [6, 6.07) is 5.90. The summed E-state index contributed by atoms with van der Waals surface area (Å²) >= 11 is 0. The van der Waals surface area contributed by atoms with Crippen molar-refractivity contribution in [2.45, 2.75) is 45.3 Å². The van der Waals surface area contributed by atoms with Crippen LogP contribution in [0.2, 0.25) is 0 Å². The number of hydrogen-bond acceptors (Lipinski definition) is 3. The zero-order valence-electron chi connectivity index (χ0n) is 12.7. The molecule has 21 heavy (non-hydrogen) atoms. The van der Waals surface area contributed by atoms with Crippen molar-refractivity contribution in [3.05, 3.63) is 47.0 Å². The Morgan fingerprint density at radius 3 is 2.95 bits per heavy atom. The van der Waals surface area contributed by atoms with E-state index in [-0.39, 0.29) is 0 Å². The third kappa shape index (κ3) is 2.81. The first-order valence-corrected chi connectivity index (χ1v) is 7.54. The van der Waals surface area contributed by atoms with Gasteiger partial charge < -0.3 is 14.4 Å². The van der Waals surface area contributed by atoms with Crippen LogP contribution in [0.5, 0.6) is 5.75 Å². The van der Waals surface area contributed by atoms with Crippen molar-refractivity contribution < 1.29 is 9.84 Å². The first-order chi connectivity index (χ1) is 10.2. The van der Waals surface area contributed by atoms with E-state index >= 15 is 0 Å². The van der Waals surface area contributed by atoms with E-state index < -0.39 is 6.10 Å². The summed E-state index contributed by atoms with van der Waals surface area (Å²) in [7, 11) is 1.64. The molecule has 1 N–H and O–H groups in total. The molecule has 112 valence electrons. The first kappa shape index (κ1) is 14.1. The third-order valence-corrected chi connectivity index (χ3v) is 4.22. The predicted octanol–water partition coefficient (Wildman–Crippen LogP) is 2.81. The number of benzene rings is 1. The van der Waals surface area contributed by atoms with E-state index in [2.05, 4.69) is 9.55 Å². The van der Waals surface area contributed by atoms with Gasteiger partial charge in [0.25, 0.3) is 0 Å². The number of hydrogen-bond donors (Lipinski definition) is 1. The SMILES string of the molecule is COc1ccc(C)cc1C(O)Cn1cnc2c1CCCC2. The van der Waals surface area contributed by atoms with E-state index in [1.807, 2.05) is 31.5 Å². The molecule has 1 aromatic heterocycles. The van der Waals surface area contributed by atoms with E-state index in [9.17, 15) is 5.11 Å². The molecule has 0 amide bonds. The Labute approximate surface area is 125 Å². The van der Waals surface area contributed by atoms with Crippen molar-refractivity contribution in [3.8, 4) is 5.75 Å². The number of ether oxygens (including phenoxy) is 1. The number of aliphatic hydroxyl groups excluding tert-OH is 1. The molecule has 1 heterocycles. The minimum atomic E-state index is -0.583. The maximum Gasteiger partial charge on any atom is 0.124 e. The molecule has 0 spiro atoms. The van der Waals surface area contributed by atoms with Crippen LogP contribution in [0.3, 0.4) is 0 Å². The van der Waals surface area contributed by atoms with Gasteiger partial charge in [-0.15, -0.1) is 0 Å². The highest BCUT2D eigenvalue weighted by molar-refractivity contribution is 5.38. The highest BCUT2D eigenvalue weighted by Crippen LogP contribution is 2.29. The molecule has 1 atom stereocenters. The standard InChI is InChI=1S/C17H22N2O2/c1-12-7-8-17(21-2)13(9-12)16(20)10-19-11-18-14-5-3-4-6-15(14)19/h7-9,11,16,20H,3-6,10H2,1-2H3. The average Bonchev–Trinajstić information content (AvgIpc) is 2.90. The van der Waals surface area contributed by atoms with Gasteiger partial charge in [-0.2, -0.15) is 0 Å². The second-order valence-electron chi connectivity index (χ2n) is 5.76. The molecule has 1 aliphatic rings. The molecular formula is C17H22N2O2. The molecule has 0 radical (unpaired) electrons. The second kappa shape index (κ2) is 5.90. The predicted molar refractivity (Wildman–Crippen MR) is 81.6 cm³/mol. The number of methoxy groups -OCH3 is 1. The summed E-state index contributed by atoms with van der Waals surface area (Å²) in [5.41, 5.74) is 4.45. The Kier molecular flexibility index (Phi) is 3.97. The Morgan fingerprint density at radius 1 is 1.33 bits per heavy atom. The van der Waals surface area contributed by atoms with Gasteiger partial charge in [0.05, 0.1) is 25.7 Å². The van der Waals surface area contributed by atoms with Crippen molar-refractivity contribution in [2.75, 3.05) is 7.11 Å². The van der Waals surface area contributed by atoms with Gasteiger partial charge in [0.15, 0.2) is 0 Å². The molecule has 0 saturated carbocycles. The van der Waals surface area contributed by atoms with E-state index in [4.69, 9.17) is 4.74 Å². The van der Waals surface area contributed by atoms with Gasteiger partial charge in [0.2, 0.25) is 0 Å². The zero-order valence-corrected chi connectivity index (χ0v) is 12.7. The molecule has 1 aromatic carbocycles. The quantitative estimate of drug-likeness (QED) is 0.940. The molecule has 4 nitrogen and oxygen atoms in total. The van der Waals surface area contributed by atoms with Gasteiger partial charge in [-0.25, -0.2) is 4.98 Å². The largest absolute Gasteiger partial charge is 0.496 e. The summed E-state index contributed by atoms with van der Waals surface area (Å²) in [5.74, 6) is 0.738. The Balaban J connectivity index is 1.85. The van der Waals surface area contributed by atoms with Crippen LogP contribution in [0.1, 0.15) is 41.5 Å². The highest BCUT2D eigenvalue weighted by Gasteiger charge is 2.19. The third-order valence-electron chi connectivity index (χ3n) is 4.22. The van der Waals surface area contributed by atoms with Crippen molar-refractivity contribution >= 4 is 0 Å². The molecule has 2 aromatic rings. The maximum absolute atomic E-state index is 10.6. The molecule has 0 bridgehead atoms. The number of nitrogens with zero attached hydrogens (tertiary/aromatic N) is 2. The van der Waals surface area contributed by atoms with E-state index in [1.54, 1.807) is 7.11 Å². The summed E-state index contributed by atoms with van der Waals surface area (Å²) in [5, 5.41) is 10.6. The van der Waals surface area contributed by atoms with E-state index in [0.717, 1.165) is 29.7 Å². The monoisotopic (exact) mass is 286 g/mol. The minimum absolute atomic E-state index is 0.530. The Morgan fingerprint density at radius 2 is 2.14 bits per heavy atom.